The maximum absolute atomic E-state index is 11.9. The number of carbonyl (C=O) groups excluding carboxylic acids is 1. The zero-order valence-corrected chi connectivity index (χ0v) is 12.3. The molecule has 0 aliphatic carbocycles. The van der Waals surface area contributed by atoms with Crippen molar-refractivity contribution < 1.29 is 22.9 Å². The first kappa shape index (κ1) is 15.6. The van der Waals surface area contributed by atoms with Crippen LogP contribution in [0.4, 0.5) is 0 Å². The highest BCUT2D eigenvalue weighted by Crippen LogP contribution is 2.48. The second kappa shape index (κ2) is 6.66. The Bertz CT molecular complexity index is 513. The van der Waals surface area contributed by atoms with Crippen molar-refractivity contribution in [1.82, 2.24) is 0 Å². The minimum absolute atomic E-state index is 0.348. The molecule has 0 spiro atoms. The number of rotatable bonds is 5. The minimum atomic E-state index is -3.81. The van der Waals surface area contributed by atoms with E-state index in [0.717, 1.165) is 25.4 Å². The molecular weight excluding hydrogens is 267 g/mol. The molecule has 0 heterocycles. The van der Waals surface area contributed by atoms with Crippen LogP contribution in [-0.4, -0.2) is 20.2 Å². The van der Waals surface area contributed by atoms with E-state index in [0.29, 0.717) is 5.57 Å². The Labute approximate surface area is 112 Å². The number of hydrogen-bond acceptors (Lipinski definition) is 5. The summed E-state index contributed by atoms with van der Waals surface area (Å²) in [5.41, 5.74) is 1.98. The monoisotopic (exact) mass is 284 g/mol. The number of hydrogen-bond donors (Lipinski definition) is 0. The van der Waals surface area contributed by atoms with Gasteiger partial charge in [0.25, 0.3) is 0 Å². The average molecular weight is 284 g/mol. The summed E-state index contributed by atoms with van der Waals surface area (Å²) in [4.78, 5) is 11.9. The molecule has 1 aromatic carbocycles. The smallest absolute Gasteiger partial charge is 0.367 e. The average Bonchev–Trinajstić information content (AvgIpc) is 2.46. The molecule has 0 fully saturated rings. The van der Waals surface area contributed by atoms with Crippen LogP contribution in [-0.2, 0) is 22.9 Å². The van der Waals surface area contributed by atoms with Gasteiger partial charge in [-0.15, -0.1) is 0 Å². The van der Waals surface area contributed by atoms with Crippen LogP contribution >= 0.6 is 7.82 Å². The van der Waals surface area contributed by atoms with Crippen molar-refractivity contribution in [2.24, 2.45) is 0 Å². The molecule has 104 valence electrons. The third-order valence-electron chi connectivity index (χ3n) is 2.72. The van der Waals surface area contributed by atoms with Gasteiger partial charge in [0.1, 0.15) is 0 Å². The molecule has 0 aliphatic rings. The highest BCUT2D eigenvalue weighted by molar-refractivity contribution is 7.49. The second-order valence-corrected chi connectivity index (χ2v) is 5.61. The van der Waals surface area contributed by atoms with Crippen molar-refractivity contribution in [3.8, 4) is 0 Å². The third-order valence-corrected chi connectivity index (χ3v) is 4.00. The maximum Gasteiger partial charge on any atom is 0.531 e. The van der Waals surface area contributed by atoms with Crippen molar-refractivity contribution in [1.29, 1.82) is 0 Å². The lowest BCUT2D eigenvalue weighted by Gasteiger charge is -2.14. The third kappa shape index (κ3) is 4.03. The number of allylic oxidation sites excluding steroid dienone is 1. The summed E-state index contributed by atoms with van der Waals surface area (Å²) in [6.45, 7) is 3.39. The van der Waals surface area contributed by atoms with Crippen molar-refractivity contribution in [2.75, 3.05) is 14.2 Å². The van der Waals surface area contributed by atoms with Gasteiger partial charge in [-0.1, -0.05) is 30.3 Å². The largest absolute Gasteiger partial charge is 0.531 e. The Morgan fingerprint density at radius 2 is 1.58 bits per heavy atom. The maximum atomic E-state index is 11.9. The molecule has 0 N–H and O–H groups in total. The fraction of sp³-hybridized carbons (Fsp3) is 0.308. The first-order chi connectivity index (χ1) is 8.93. The Morgan fingerprint density at radius 3 is 2.05 bits per heavy atom. The molecule has 1 aromatic rings. The fourth-order valence-electron chi connectivity index (χ4n) is 1.38. The molecule has 0 unspecified atom stereocenters. The molecule has 0 saturated heterocycles. The lowest BCUT2D eigenvalue weighted by Crippen LogP contribution is -2.07. The van der Waals surface area contributed by atoms with Gasteiger partial charge >= 0.3 is 13.8 Å². The number of carbonyl (C=O) groups is 1. The zero-order chi connectivity index (χ0) is 14.5. The number of benzene rings is 1. The van der Waals surface area contributed by atoms with Crippen LogP contribution in [0.25, 0.3) is 5.57 Å². The topological polar surface area (TPSA) is 61.8 Å². The van der Waals surface area contributed by atoms with Crippen LogP contribution < -0.4 is 0 Å². The van der Waals surface area contributed by atoms with Crippen LogP contribution in [0.3, 0.4) is 0 Å². The van der Waals surface area contributed by atoms with Crippen LogP contribution in [0, 0.1) is 0 Å². The summed E-state index contributed by atoms with van der Waals surface area (Å²) in [6, 6.07) is 9.37. The Kier molecular flexibility index (Phi) is 5.48. The molecule has 1 rings (SSSR count). The van der Waals surface area contributed by atoms with E-state index in [4.69, 9.17) is 4.52 Å². The summed E-state index contributed by atoms with van der Waals surface area (Å²) in [6.07, 6.45) is 0. The molecule has 19 heavy (non-hydrogen) atoms. The van der Waals surface area contributed by atoms with Crippen molar-refractivity contribution >= 4 is 19.4 Å². The van der Waals surface area contributed by atoms with Crippen LogP contribution in [0.2, 0.25) is 0 Å². The summed E-state index contributed by atoms with van der Waals surface area (Å²) in [5, 5.41) is 0. The van der Waals surface area contributed by atoms with Crippen molar-refractivity contribution in [2.45, 2.75) is 13.8 Å². The standard InChI is InChI=1S/C13H17O5P/c1-10(12-8-6-5-7-9-12)11(2)13(14)18-19(15,16-3)17-4/h5-9H,1-4H3. The molecular formula is C13H17O5P. The normalized spacial score (nSPS) is 12.8. The van der Waals surface area contributed by atoms with E-state index in [-0.39, 0.29) is 0 Å². The fourth-order valence-corrected chi connectivity index (χ4v) is 2.01. The van der Waals surface area contributed by atoms with Gasteiger partial charge < -0.3 is 4.52 Å². The Hall–Kier alpha value is -1.42. The van der Waals surface area contributed by atoms with Crippen molar-refractivity contribution in [3.05, 3.63) is 41.5 Å². The lowest BCUT2D eigenvalue weighted by atomic mass is 10.0. The summed E-state index contributed by atoms with van der Waals surface area (Å²) < 4.78 is 25.6. The van der Waals surface area contributed by atoms with Gasteiger partial charge in [0.2, 0.25) is 0 Å². The summed E-state index contributed by atoms with van der Waals surface area (Å²) in [5.74, 6) is -0.728. The van der Waals surface area contributed by atoms with Crippen LogP contribution in [0.1, 0.15) is 19.4 Å². The highest BCUT2D eigenvalue weighted by atomic mass is 31.2. The van der Waals surface area contributed by atoms with E-state index in [1.54, 1.807) is 13.8 Å². The number of phosphoric acid groups is 1. The molecule has 6 heteroatoms. The van der Waals surface area contributed by atoms with Gasteiger partial charge in [-0.2, -0.15) is 0 Å². The second-order valence-electron chi connectivity index (χ2n) is 3.81. The Balaban J connectivity index is 2.97. The van der Waals surface area contributed by atoms with E-state index in [1.807, 2.05) is 30.3 Å². The zero-order valence-electron chi connectivity index (χ0n) is 11.4. The first-order valence-electron chi connectivity index (χ1n) is 5.62. The highest BCUT2D eigenvalue weighted by Gasteiger charge is 2.29. The van der Waals surface area contributed by atoms with Gasteiger partial charge in [0.15, 0.2) is 0 Å². The summed E-state index contributed by atoms with van der Waals surface area (Å²) in [7, 11) is -1.50. The molecule has 0 aromatic heterocycles. The van der Waals surface area contributed by atoms with Gasteiger partial charge in [-0.25, -0.2) is 9.36 Å². The van der Waals surface area contributed by atoms with E-state index in [2.05, 4.69) is 9.05 Å². The molecule has 0 amide bonds. The molecule has 5 nitrogen and oxygen atoms in total. The van der Waals surface area contributed by atoms with Gasteiger partial charge in [0, 0.05) is 19.8 Å². The molecule has 0 radical (unpaired) electrons. The van der Waals surface area contributed by atoms with Gasteiger partial charge in [-0.05, 0) is 25.0 Å². The van der Waals surface area contributed by atoms with E-state index >= 15 is 0 Å². The first-order valence-corrected chi connectivity index (χ1v) is 7.08. The predicted octanol–water partition coefficient (Wildman–Crippen LogP) is 3.42. The van der Waals surface area contributed by atoms with Gasteiger partial charge in [0.05, 0.1) is 0 Å². The quantitative estimate of drug-likeness (QED) is 0.612. The van der Waals surface area contributed by atoms with Crippen LogP contribution in [0.5, 0.6) is 0 Å². The van der Waals surface area contributed by atoms with E-state index in [9.17, 15) is 9.36 Å². The Morgan fingerprint density at radius 1 is 1.05 bits per heavy atom. The van der Waals surface area contributed by atoms with E-state index < -0.39 is 13.8 Å². The lowest BCUT2D eigenvalue weighted by molar-refractivity contribution is -0.131. The molecule has 0 bridgehead atoms. The molecule has 0 atom stereocenters. The molecule has 0 aliphatic heterocycles. The van der Waals surface area contributed by atoms with Crippen LogP contribution in [0.15, 0.2) is 35.9 Å². The van der Waals surface area contributed by atoms with Crippen molar-refractivity contribution in [3.63, 3.8) is 0 Å². The predicted molar refractivity (Wildman–Crippen MR) is 72.4 cm³/mol. The molecule has 0 saturated carbocycles. The summed E-state index contributed by atoms with van der Waals surface area (Å²) >= 11 is 0. The number of phosphoric ester groups is 1. The minimum Gasteiger partial charge on any atom is -0.367 e. The SMILES string of the molecule is COP(=O)(OC)OC(=O)C(C)=C(C)c1ccccc1. The van der Waals surface area contributed by atoms with Gasteiger partial charge in [-0.3, -0.25) is 9.05 Å². The van der Waals surface area contributed by atoms with E-state index in [1.165, 1.54) is 0 Å².